The molecule has 2 saturated carbocycles. The summed E-state index contributed by atoms with van der Waals surface area (Å²) >= 11 is 0. The number of methoxy groups -OCH3 is 2. The van der Waals surface area contributed by atoms with Gasteiger partial charge in [-0.25, -0.2) is 0 Å². The molecule has 4 nitrogen and oxygen atoms in total. The zero-order valence-corrected chi connectivity index (χ0v) is 24.3. The molecule has 3 unspecified atom stereocenters. The molecule has 0 aromatic carbocycles. The first-order chi connectivity index (χ1) is 16.9. The Morgan fingerprint density at radius 3 is 1.97 bits per heavy atom. The molecule has 2 aliphatic rings. The van der Waals surface area contributed by atoms with Crippen LogP contribution in [0.2, 0.25) is 24.2 Å². The van der Waals surface area contributed by atoms with E-state index in [1.807, 2.05) is 0 Å². The van der Waals surface area contributed by atoms with E-state index in [0.29, 0.717) is 12.3 Å². The van der Waals surface area contributed by atoms with Crippen LogP contribution in [0.3, 0.4) is 0 Å². The zero-order valence-electron chi connectivity index (χ0n) is 23.3. The summed E-state index contributed by atoms with van der Waals surface area (Å²) in [7, 11) is 1.78. The van der Waals surface area contributed by atoms with E-state index in [-0.39, 0.29) is 11.8 Å². The maximum atomic E-state index is 12.8. The molecule has 0 aromatic heterocycles. The maximum absolute atomic E-state index is 12.8. The Morgan fingerprint density at radius 1 is 0.829 bits per heavy atom. The molecule has 0 N–H and O–H groups in total. The number of hydrogen-bond donors (Lipinski definition) is 0. The maximum Gasteiger partial charge on any atom is 0.323 e. The second-order valence-corrected chi connectivity index (χ2v) is 16.6. The number of esters is 2. The zero-order chi connectivity index (χ0) is 25.7. The largest absolute Gasteiger partial charge is 0.468 e. The van der Waals surface area contributed by atoms with E-state index in [1.54, 1.807) is 0 Å². The highest BCUT2D eigenvalue weighted by molar-refractivity contribution is 6.80. The van der Waals surface area contributed by atoms with Crippen LogP contribution in [-0.2, 0) is 19.1 Å². The van der Waals surface area contributed by atoms with Crippen LogP contribution in [0, 0.1) is 23.2 Å². The van der Waals surface area contributed by atoms with Gasteiger partial charge in [0.2, 0.25) is 0 Å². The van der Waals surface area contributed by atoms with E-state index in [0.717, 1.165) is 25.7 Å². The molecular weight excluding hydrogens is 452 g/mol. The molecule has 0 spiro atoms. The lowest BCUT2D eigenvalue weighted by Crippen LogP contribution is -2.46. The van der Waals surface area contributed by atoms with Gasteiger partial charge in [-0.3, -0.25) is 9.59 Å². The number of fused-ring (bicyclic) bond motifs is 1. The summed E-state index contributed by atoms with van der Waals surface area (Å²) in [5.74, 6) is -0.135. The van der Waals surface area contributed by atoms with Gasteiger partial charge in [0.05, 0.1) is 22.3 Å². The first-order valence-electron chi connectivity index (χ1n) is 14.4. The van der Waals surface area contributed by atoms with Crippen molar-refractivity contribution in [1.82, 2.24) is 0 Å². The highest BCUT2D eigenvalue weighted by atomic mass is 28.3. The van der Waals surface area contributed by atoms with Crippen molar-refractivity contribution in [2.24, 2.45) is 23.2 Å². The topological polar surface area (TPSA) is 52.6 Å². The molecule has 0 radical (unpaired) electrons. The number of allylic oxidation sites excluding steroid dienone is 4. The van der Waals surface area contributed by atoms with Crippen LogP contribution in [-0.4, -0.2) is 34.2 Å². The van der Waals surface area contributed by atoms with Crippen molar-refractivity contribution < 1.29 is 19.1 Å². The fourth-order valence-corrected chi connectivity index (χ4v) is 9.90. The fraction of sp³-hybridized carbons (Fsp3) is 0.800. The van der Waals surface area contributed by atoms with Gasteiger partial charge < -0.3 is 9.47 Å². The minimum Gasteiger partial charge on any atom is -0.468 e. The van der Waals surface area contributed by atoms with Crippen LogP contribution < -0.4 is 0 Å². The Labute approximate surface area is 216 Å². The van der Waals surface area contributed by atoms with Crippen LogP contribution in [0.5, 0.6) is 0 Å². The highest BCUT2D eigenvalue weighted by Gasteiger charge is 2.63. The second kappa shape index (κ2) is 15.0. The Balaban J connectivity index is 1.76. The van der Waals surface area contributed by atoms with Crippen LogP contribution in [0.15, 0.2) is 24.3 Å². The Bertz CT molecular complexity index is 685. The molecule has 0 aliphatic heterocycles. The summed E-state index contributed by atoms with van der Waals surface area (Å²) in [4.78, 5) is 25.6. The van der Waals surface area contributed by atoms with Gasteiger partial charge in [0.15, 0.2) is 5.41 Å². The number of rotatable bonds is 15. The minimum absolute atomic E-state index is 0.0404. The Kier molecular flexibility index (Phi) is 12.8. The number of carbonyl (C=O) groups excluding carboxylic acids is 2. The average molecular weight is 505 g/mol. The van der Waals surface area contributed by atoms with Crippen molar-refractivity contribution in [3.63, 3.8) is 0 Å². The van der Waals surface area contributed by atoms with Gasteiger partial charge in [-0.1, -0.05) is 88.9 Å². The summed E-state index contributed by atoms with van der Waals surface area (Å²) < 4.78 is 10.3. The van der Waals surface area contributed by atoms with E-state index >= 15 is 0 Å². The summed E-state index contributed by atoms with van der Waals surface area (Å²) in [6.45, 7) is 7.16. The molecule has 35 heavy (non-hydrogen) atoms. The van der Waals surface area contributed by atoms with Crippen molar-refractivity contribution >= 4 is 20.0 Å². The number of carbonyl (C=O) groups is 2. The van der Waals surface area contributed by atoms with E-state index in [2.05, 4.69) is 45.1 Å². The molecule has 5 heteroatoms. The van der Waals surface area contributed by atoms with E-state index in [1.165, 1.54) is 76.9 Å². The third-order valence-corrected chi connectivity index (χ3v) is 15.1. The van der Waals surface area contributed by atoms with Crippen molar-refractivity contribution in [1.29, 1.82) is 0 Å². The number of hydrogen-bond acceptors (Lipinski definition) is 4. The van der Waals surface area contributed by atoms with Gasteiger partial charge in [0.25, 0.3) is 0 Å². The van der Waals surface area contributed by atoms with Crippen LogP contribution in [0.1, 0.15) is 91.4 Å². The summed E-state index contributed by atoms with van der Waals surface area (Å²) in [5.41, 5.74) is -1.12. The lowest BCUT2D eigenvalue weighted by molar-refractivity contribution is -0.173. The van der Waals surface area contributed by atoms with Gasteiger partial charge in [-0.2, -0.15) is 0 Å². The van der Waals surface area contributed by atoms with Crippen LogP contribution >= 0.6 is 0 Å². The summed E-state index contributed by atoms with van der Waals surface area (Å²) in [5, 5.41) is 0. The molecule has 3 atom stereocenters. The normalized spacial score (nSPS) is 24.1. The molecule has 2 rings (SSSR count). The van der Waals surface area contributed by atoms with Gasteiger partial charge in [-0.05, 0) is 68.7 Å². The van der Waals surface area contributed by atoms with Gasteiger partial charge in [0.1, 0.15) is 0 Å². The smallest absolute Gasteiger partial charge is 0.323 e. The lowest BCUT2D eigenvalue weighted by Gasteiger charge is -2.35. The first-order valence-corrected chi connectivity index (χ1v) is 17.3. The quantitative estimate of drug-likeness (QED) is 0.0743. The predicted octanol–water partition coefficient (Wildman–Crippen LogP) is 8.11. The van der Waals surface area contributed by atoms with Crippen LogP contribution in [0.4, 0.5) is 0 Å². The molecule has 200 valence electrons. The van der Waals surface area contributed by atoms with Crippen molar-refractivity contribution in [3.05, 3.63) is 24.3 Å². The molecule has 2 fully saturated rings. The standard InChI is InChI=1S/C30H52O4Si/c1-6-35(7-2,8-3)23-19-15-13-11-9-10-12-14-16-20-25-24-30(28(31)33-4,29(32)34-5)27-22-18-17-21-26(25)27/h15-16,19-20,25-27H,6-14,17-18,21-24H2,1-5H3/b19-15+,20-16-. The summed E-state index contributed by atoms with van der Waals surface area (Å²) in [6.07, 6.45) is 21.6. The minimum atomic E-state index is -1.12. The second-order valence-electron chi connectivity index (χ2n) is 11.0. The van der Waals surface area contributed by atoms with E-state index < -0.39 is 25.4 Å². The van der Waals surface area contributed by atoms with Crippen LogP contribution in [0.25, 0.3) is 0 Å². The molecule has 0 bridgehead atoms. The fourth-order valence-electron chi connectivity index (χ4n) is 6.87. The number of unbranched alkanes of at least 4 members (excludes halogenated alkanes) is 5. The van der Waals surface area contributed by atoms with Crippen molar-refractivity contribution in [2.45, 2.75) is 116 Å². The summed E-state index contributed by atoms with van der Waals surface area (Å²) in [6, 6.07) is 5.59. The monoisotopic (exact) mass is 504 g/mol. The van der Waals surface area contributed by atoms with Gasteiger partial charge in [0, 0.05) is 0 Å². The van der Waals surface area contributed by atoms with Gasteiger partial charge in [-0.15, -0.1) is 0 Å². The van der Waals surface area contributed by atoms with E-state index in [4.69, 9.17) is 9.47 Å². The molecule has 0 heterocycles. The average Bonchev–Trinajstić information content (AvgIpc) is 3.24. The Morgan fingerprint density at radius 2 is 1.40 bits per heavy atom. The molecule has 2 aliphatic carbocycles. The number of ether oxygens (including phenoxy) is 2. The van der Waals surface area contributed by atoms with Gasteiger partial charge >= 0.3 is 11.9 Å². The SMILES string of the molecule is CC[Si](CC)(CC)C/C=C/CCCCCC/C=C\C1CC(C(=O)OC)(C(=O)OC)C2CCCCC12. The molecule has 0 saturated heterocycles. The predicted molar refractivity (Wildman–Crippen MR) is 148 cm³/mol. The Hall–Kier alpha value is -1.36. The molecule has 0 aromatic rings. The third kappa shape index (κ3) is 7.33. The van der Waals surface area contributed by atoms with Crippen molar-refractivity contribution in [2.75, 3.05) is 14.2 Å². The first kappa shape index (κ1) is 29.9. The molecular formula is C30H52O4Si. The highest BCUT2D eigenvalue weighted by Crippen LogP contribution is 2.57. The van der Waals surface area contributed by atoms with E-state index in [9.17, 15) is 9.59 Å². The van der Waals surface area contributed by atoms with Crippen molar-refractivity contribution in [3.8, 4) is 0 Å². The lowest BCUT2D eigenvalue weighted by atomic mass is 9.69. The molecule has 0 amide bonds. The third-order valence-electron chi connectivity index (χ3n) is 9.50.